The van der Waals surface area contributed by atoms with E-state index in [0.29, 0.717) is 41.0 Å². The Hall–Kier alpha value is -2.78. The number of pyridine rings is 1. The van der Waals surface area contributed by atoms with Crippen molar-refractivity contribution in [3.63, 3.8) is 0 Å². The van der Waals surface area contributed by atoms with Crippen LogP contribution in [0.1, 0.15) is 41.4 Å². The van der Waals surface area contributed by atoms with Crippen LogP contribution in [0.15, 0.2) is 36.4 Å². The van der Waals surface area contributed by atoms with E-state index in [1.807, 2.05) is 37.3 Å². The third-order valence-corrected chi connectivity index (χ3v) is 7.97. The van der Waals surface area contributed by atoms with E-state index in [1.165, 1.54) is 0 Å². The predicted molar refractivity (Wildman–Crippen MR) is 121 cm³/mol. The lowest BCUT2D eigenvalue weighted by molar-refractivity contribution is 0.0859. The molecule has 2 saturated heterocycles. The second-order valence-electron chi connectivity index (χ2n) is 8.55. The van der Waals surface area contributed by atoms with Gasteiger partial charge in [0.2, 0.25) is 0 Å². The minimum Gasteiger partial charge on any atom is -0.376 e. The highest BCUT2D eigenvalue weighted by molar-refractivity contribution is 7.91. The van der Waals surface area contributed by atoms with E-state index in [1.54, 1.807) is 10.7 Å². The van der Waals surface area contributed by atoms with Crippen LogP contribution < -0.4 is 5.32 Å². The summed E-state index contributed by atoms with van der Waals surface area (Å²) in [5.41, 5.74) is 3.25. The molecule has 0 radical (unpaired) electrons. The average Bonchev–Trinajstić information content (AvgIpc) is 3.51. The molecule has 1 N–H and O–H groups in total. The predicted octanol–water partition coefficient (Wildman–Crippen LogP) is 2.68. The molecular weight excluding hydrogens is 428 g/mol. The van der Waals surface area contributed by atoms with Crippen LogP contribution in [0.3, 0.4) is 0 Å². The molecule has 2 aromatic heterocycles. The number of amides is 1. The van der Waals surface area contributed by atoms with Crippen LogP contribution in [0.5, 0.6) is 0 Å². The summed E-state index contributed by atoms with van der Waals surface area (Å²) in [5.74, 6) is -0.0154. The fourth-order valence-corrected chi connectivity index (χ4v) is 6.27. The van der Waals surface area contributed by atoms with Crippen LogP contribution in [0, 0.1) is 6.92 Å². The number of nitrogens with one attached hydrogen (secondary N) is 1. The smallest absolute Gasteiger partial charge is 0.252 e. The number of carbonyl (C=O) groups is 1. The van der Waals surface area contributed by atoms with Gasteiger partial charge in [0.05, 0.1) is 46.0 Å². The average molecular weight is 455 g/mol. The molecule has 1 amide bonds. The Morgan fingerprint density at radius 2 is 2.06 bits per heavy atom. The Morgan fingerprint density at radius 3 is 2.75 bits per heavy atom. The van der Waals surface area contributed by atoms with Crippen molar-refractivity contribution < 1.29 is 17.9 Å². The molecule has 4 heterocycles. The van der Waals surface area contributed by atoms with Crippen LogP contribution in [-0.4, -0.2) is 59.9 Å². The van der Waals surface area contributed by atoms with Gasteiger partial charge in [-0.15, -0.1) is 0 Å². The second kappa shape index (κ2) is 8.29. The number of hydrogen-bond donors (Lipinski definition) is 1. The summed E-state index contributed by atoms with van der Waals surface area (Å²) < 4.78 is 31.5. The molecule has 0 saturated carbocycles. The largest absolute Gasteiger partial charge is 0.376 e. The van der Waals surface area contributed by atoms with Crippen molar-refractivity contribution >= 4 is 26.8 Å². The zero-order valence-electron chi connectivity index (χ0n) is 18.0. The van der Waals surface area contributed by atoms with E-state index in [4.69, 9.17) is 9.72 Å². The van der Waals surface area contributed by atoms with Gasteiger partial charge in [-0.2, -0.15) is 5.10 Å². The van der Waals surface area contributed by atoms with Gasteiger partial charge in [0.15, 0.2) is 15.5 Å². The van der Waals surface area contributed by atoms with Crippen molar-refractivity contribution in [2.24, 2.45) is 0 Å². The molecule has 168 valence electrons. The number of aromatic nitrogens is 3. The first-order valence-electron chi connectivity index (χ1n) is 11.0. The first kappa shape index (κ1) is 21.1. The maximum Gasteiger partial charge on any atom is 0.252 e. The van der Waals surface area contributed by atoms with Gasteiger partial charge < -0.3 is 10.1 Å². The lowest BCUT2D eigenvalue weighted by Gasteiger charge is -2.14. The first-order chi connectivity index (χ1) is 15.4. The summed E-state index contributed by atoms with van der Waals surface area (Å²) in [6.45, 7) is 3.02. The minimum atomic E-state index is -3.09. The number of hydrogen-bond acceptors (Lipinski definition) is 6. The summed E-state index contributed by atoms with van der Waals surface area (Å²) in [4.78, 5) is 18.1. The monoisotopic (exact) mass is 454 g/mol. The summed E-state index contributed by atoms with van der Waals surface area (Å²) >= 11 is 0. The molecule has 0 bridgehead atoms. The number of aryl methyl sites for hydroxylation is 1. The Kier molecular flexibility index (Phi) is 5.46. The molecule has 32 heavy (non-hydrogen) atoms. The molecule has 2 aliphatic heterocycles. The van der Waals surface area contributed by atoms with Crippen molar-refractivity contribution in [1.29, 1.82) is 0 Å². The third-order valence-electron chi connectivity index (χ3n) is 6.22. The Bertz CT molecular complexity index is 1260. The van der Waals surface area contributed by atoms with Crippen molar-refractivity contribution in [2.75, 3.05) is 24.7 Å². The number of nitrogens with zero attached hydrogens (tertiary/aromatic N) is 3. The number of carbonyl (C=O) groups excluding carboxylic acids is 1. The highest BCUT2D eigenvalue weighted by Crippen LogP contribution is 2.32. The van der Waals surface area contributed by atoms with Crippen LogP contribution in [0.2, 0.25) is 0 Å². The molecule has 1 aromatic carbocycles. The SMILES string of the molecule is Cc1nn([C@@H]2CCS(=O)(=O)C2)c2nc(-c3ccccc3)cc(C(=O)NC[C@@H]3CCCO3)c12. The van der Waals surface area contributed by atoms with Crippen molar-refractivity contribution in [3.8, 4) is 11.3 Å². The molecule has 0 aliphatic carbocycles. The van der Waals surface area contributed by atoms with Gasteiger partial charge in [-0.25, -0.2) is 18.1 Å². The number of sulfone groups is 1. The molecule has 3 aromatic rings. The summed E-state index contributed by atoms with van der Waals surface area (Å²) in [7, 11) is -3.09. The van der Waals surface area contributed by atoms with Gasteiger partial charge >= 0.3 is 0 Å². The van der Waals surface area contributed by atoms with Crippen LogP contribution in [0.25, 0.3) is 22.3 Å². The quantitative estimate of drug-likeness (QED) is 0.636. The maximum atomic E-state index is 13.3. The van der Waals surface area contributed by atoms with E-state index >= 15 is 0 Å². The fraction of sp³-hybridized carbons (Fsp3) is 0.435. The van der Waals surface area contributed by atoms with Crippen molar-refractivity contribution in [2.45, 2.75) is 38.3 Å². The lowest BCUT2D eigenvalue weighted by atomic mass is 10.0. The molecule has 2 aliphatic rings. The van der Waals surface area contributed by atoms with Gasteiger partial charge in [-0.05, 0) is 32.3 Å². The number of fused-ring (bicyclic) bond motifs is 1. The van der Waals surface area contributed by atoms with Crippen LogP contribution >= 0.6 is 0 Å². The van der Waals surface area contributed by atoms with E-state index in [2.05, 4.69) is 10.4 Å². The molecule has 5 rings (SSSR count). The van der Waals surface area contributed by atoms with Crippen LogP contribution in [0.4, 0.5) is 0 Å². The fourth-order valence-electron chi connectivity index (χ4n) is 4.58. The lowest BCUT2D eigenvalue weighted by Crippen LogP contribution is -2.32. The molecule has 0 spiro atoms. The summed E-state index contributed by atoms with van der Waals surface area (Å²) in [6, 6.07) is 11.2. The van der Waals surface area contributed by atoms with Crippen LogP contribution in [-0.2, 0) is 14.6 Å². The third kappa shape index (κ3) is 4.02. The summed E-state index contributed by atoms with van der Waals surface area (Å²) in [6.07, 6.45) is 2.48. The van der Waals surface area contributed by atoms with Crippen molar-refractivity contribution in [1.82, 2.24) is 20.1 Å². The van der Waals surface area contributed by atoms with Gasteiger partial charge in [-0.3, -0.25) is 4.79 Å². The van der Waals surface area contributed by atoms with E-state index in [-0.39, 0.29) is 29.6 Å². The highest BCUT2D eigenvalue weighted by Gasteiger charge is 2.32. The first-order valence-corrected chi connectivity index (χ1v) is 12.8. The van der Waals surface area contributed by atoms with E-state index < -0.39 is 9.84 Å². The molecule has 2 fully saturated rings. The van der Waals surface area contributed by atoms with Crippen molar-refractivity contribution in [3.05, 3.63) is 47.7 Å². The zero-order chi connectivity index (χ0) is 22.3. The number of benzene rings is 1. The summed E-state index contributed by atoms with van der Waals surface area (Å²) in [5, 5.41) is 8.31. The molecule has 0 unspecified atom stereocenters. The molecule has 8 nitrogen and oxygen atoms in total. The van der Waals surface area contributed by atoms with E-state index in [0.717, 1.165) is 25.0 Å². The highest BCUT2D eigenvalue weighted by atomic mass is 32.2. The Labute approximate surface area is 186 Å². The van der Waals surface area contributed by atoms with Gasteiger partial charge in [0.1, 0.15) is 0 Å². The van der Waals surface area contributed by atoms with Gasteiger partial charge in [-0.1, -0.05) is 30.3 Å². The molecule has 2 atom stereocenters. The van der Waals surface area contributed by atoms with Gasteiger partial charge in [0.25, 0.3) is 5.91 Å². The van der Waals surface area contributed by atoms with E-state index in [9.17, 15) is 13.2 Å². The second-order valence-corrected chi connectivity index (χ2v) is 10.8. The molecule has 9 heteroatoms. The zero-order valence-corrected chi connectivity index (χ0v) is 18.8. The topological polar surface area (TPSA) is 103 Å². The Morgan fingerprint density at radius 1 is 1.25 bits per heavy atom. The molecular formula is C23H26N4O4S. The standard InChI is InChI=1S/C23H26N4O4S/c1-15-21-19(23(28)24-13-18-8-5-10-31-18)12-20(16-6-3-2-4-7-16)25-22(21)27(26-15)17-9-11-32(29,30)14-17/h2-4,6-7,12,17-18H,5,8-11,13-14H2,1H3,(H,24,28)/t17-,18+/m1/s1. The van der Waals surface area contributed by atoms with Gasteiger partial charge in [0, 0.05) is 18.7 Å². The number of rotatable bonds is 5. The minimum absolute atomic E-state index is 0.0392. The maximum absolute atomic E-state index is 13.3. The Balaban J connectivity index is 1.60. The number of ether oxygens (including phenoxy) is 1. The normalized spacial score (nSPS) is 22.4.